The average molecular weight is 480 g/mol. The second kappa shape index (κ2) is 8.37. The minimum absolute atomic E-state index is 0.00139. The van der Waals surface area contributed by atoms with Crippen molar-refractivity contribution in [2.45, 2.75) is 63.7 Å². The zero-order valence-corrected chi connectivity index (χ0v) is 21.1. The van der Waals surface area contributed by atoms with Crippen molar-refractivity contribution >= 4 is 32.3 Å². The molecule has 0 bridgehead atoms. The molecule has 1 fully saturated rings. The quantitative estimate of drug-likeness (QED) is 0.230. The molecule has 6 rings (SSSR count). The van der Waals surface area contributed by atoms with Gasteiger partial charge in [0.2, 0.25) is 5.92 Å². The van der Waals surface area contributed by atoms with Crippen LogP contribution in [0.4, 0.5) is 8.78 Å². The summed E-state index contributed by atoms with van der Waals surface area (Å²) in [7, 11) is 0. The third-order valence-corrected chi connectivity index (χ3v) is 7.94. The highest BCUT2D eigenvalue weighted by molar-refractivity contribution is 6.12. The predicted octanol–water partition coefficient (Wildman–Crippen LogP) is 9.80. The van der Waals surface area contributed by atoms with Crippen LogP contribution in [0.1, 0.15) is 63.5 Å². The number of alkyl halides is 2. The molecule has 0 amide bonds. The molecule has 1 saturated carbocycles. The van der Waals surface area contributed by atoms with Crippen LogP contribution in [0.2, 0.25) is 0 Å². The van der Waals surface area contributed by atoms with Crippen LogP contribution < -0.4 is 0 Å². The Morgan fingerprint density at radius 2 is 1.44 bits per heavy atom. The van der Waals surface area contributed by atoms with E-state index in [4.69, 9.17) is 4.98 Å². The molecule has 0 unspecified atom stereocenters. The Labute approximate surface area is 211 Å². The standard InChI is InChI=1S/C33H31F2N/c1-32(2,3)30-20-23(19-22-7-4-5-8-25(22)30)31-29-12-11-27-24(21-13-16-33(34,35)17-14-21)9-6-10-26(27)28(29)15-18-36-31/h4-12,15,18-21H,13-14,16-17H2,1-3H3. The summed E-state index contributed by atoms with van der Waals surface area (Å²) in [4.78, 5) is 4.86. The van der Waals surface area contributed by atoms with Gasteiger partial charge in [0.05, 0.1) is 5.69 Å². The minimum atomic E-state index is -2.51. The molecule has 0 aliphatic heterocycles. The lowest BCUT2D eigenvalue weighted by Crippen LogP contribution is -2.23. The normalized spacial score (nSPS) is 16.7. The smallest absolute Gasteiger partial charge is 0.248 e. The Balaban J connectivity index is 1.53. The molecule has 5 aromatic rings. The zero-order valence-electron chi connectivity index (χ0n) is 21.1. The van der Waals surface area contributed by atoms with Gasteiger partial charge in [-0.3, -0.25) is 4.98 Å². The maximum atomic E-state index is 13.8. The molecule has 3 heteroatoms. The summed E-state index contributed by atoms with van der Waals surface area (Å²) >= 11 is 0. The van der Waals surface area contributed by atoms with Crippen LogP contribution in [0, 0.1) is 0 Å². The van der Waals surface area contributed by atoms with Crippen LogP contribution in [-0.4, -0.2) is 10.9 Å². The fourth-order valence-corrected chi connectivity index (χ4v) is 6.05. The Bertz CT molecular complexity index is 1600. The van der Waals surface area contributed by atoms with Gasteiger partial charge in [-0.05, 0) is 80.4 Å². The SMILES string of the molecule is CC(C)(C)c1cc(-c2nccc3c2ccc2c(C4CCC(F)(F)CC4)cccc23)cc2ccccc12. The van der Waals surface area contributed by atoms with E-state index in [1.54, 1.807) is 0 Å². The van der Waals surface area contributed by atoms with Gasteiger partial charge in [-0.15, -0.1) is 0 Å². The first-order valence-electron chi connectivity index (χ1n) is 12.9. The van der Waals surface area contributed by atoms with E-state index in [1.807, 2.05) is 6.20 Å². The lowest BCUT2D eigenvalue weighted by molar-refractivity contribution is -0.0381. The Kier molecular flexibility index (Phi) is 5.37. The molecule has 0 N–H and O–H groups in total. The van der Waals surface area contributed by atoms with Crippen molar-refractivity contribution in [3.8, 4) is 11.3 Å². The monoisotopic (exact) mass is 479 g/mol. The van der Waals surface area contributed by atoms with Crippen LogP contribution in [0.3, 0.4) is 0 Å². The van der Waals surface area contributed by atoms with Gasteiger partial charge < -0.3 is 0 Å². The van der Waals surface area contributed by atoms with Crippen molar-refractivity contribution < 1.29 is 8.78 Å². The molecule has 1 aliphatic carbocycles. The van der Waals surface area contributed by atoms with Crippen molar-refractivity contribution in [3.63, 3.8) is 0 Å². The fourth-order valence-electron chi connectivity index (χ4n) is 6.05. The Morgan fingerprint density at radius 3 is 2.22 bits per heavy atom. The van der Waals surface area contributed by atoms with E-state index >= 15 is 0 Å². The van der Waals surface area contributed by atoms with Crippen molar-refractivity contribution in [2.24, 2.45) is 0 Å². The molecule has 182 valence electrons. The number of rotatable bonds is 2. The van der Waals surface area contributed by atoms with Gasteiger partial charge in [-0.2, -0.15) is 0 Å². The summed E-state index contributed by atoms with van der Waals surface area (Å²) < 4.78 is 27.6. The summed E-state index contributed by atoms with van der Waals surface area (Å²) in [6.07, 6.45) is 2.94. The van der Waals surface area contributed by atoms with Gasteiger partial charge in [-0.25, -0.2) is 8.78 Å². The highest BCUT2D eigenvalue weighted by atomic mass is 19.3. The minimum Gasteiger partial charge on any atom is -0.256 e. The Morgan fingerprint density at radius 1 is 0.750 bits per heavy atom. The molecule has 0 radical (unpaired) electrons. The van der Waals surface area contributed by atoms with Gasteiger partial charge in [0, 0.05) is 30.0 Å². The lowest BCUT2D eigenvalue weighted by Gasteiger charge is -2.29. The number of halogens is 2. The summed E-state index contributed by atoms with van der Waals surface area (Å²) in [6.45, 7) is 6.77. The number of benzene rings is 4. The maximum Gasteiger partial charge on any atom is 0.248 e. The molecular formula is C33H31F2N. The molecule has 1 aromatic heterocycles. The molecule has 1 nitrogen and oxygen atoms in total. The molecule has 4 aromatic carbocycles. The van der Waals surface area contributed by atoms with Crippen LogP contribution in [0.5, 0.6) is 0 Å². The van der Waals surface area contributed by atoms with Gasteiger partial charge in [0.15, 0.2) is 0 Å². The second-order valence-electron chi connectivity index (χ2n) is 11.4. The molecule has 0 saturated heterocycles. The van der Waals surface area contributed by atoms with Crippen molar-refractivity contribution in [1.29, 1.82) is 0 Å². The summed E-state index contributed by atoms with van der Waals surface area (Å²) in [6, 6.07) is 25.9. The molecule has 0 spiro atoms. The number of hydrogen-bond acceptors (Lipinski definition) is 1. The third kappa shape index (κ3) is 3.95. The first-order valence-corrected chi connectivity index (χ1v) is 12.9. The number of pyridine rings is 1. The van der Waals surface area contributed by atoms with E-state index in [1.165, 1.54) is 32.7 Å². The third-order valence-electron chi connectivity index (χ3n) is 7.94. The predicted molar refractivity (Wildman–Crippen MR) is 147 cm³/mol. The number of aromatic nitrogens is 1. The first kappa shape index (κ1) is 23.1. The van der Waals surface area contributed by atoms with Gasteiger partial charge >= 0.3 is 0 Å². The highest BCUT2D eigenvalue weighted by Gasteiger charge is 2.35. The maximum absolute atomic E-state index is 13.8. The summed E-state index contributed by atoms with van der Waals surface area (Å²) in [5.74, 6) is -2.33. The number of hydrogen-bond donors (Lipinski definition) is 0. The van der Waals surface area contributed by atoms with E-state index in [9.17, 15) is 8.78 Å². The zero-order chi connectivity index (χ0) is 25.1. The van der Waals surface area contributed by atoms with E-state index < -0.39 is 5.92 Å². The number of nitrogens with zero attached hydrogens (tertiary/aromatic N) is 1. The summed E-state index contributed by atoms with van der Waals surface area (Å²) in [5.41, 5.74) is 4.61. The molecule has 36 heavy (non-hydrogen) atoms. The topological polar surface area (TPSA) is 12.9 Å². The largest absolute Gasteiger partial charge is 0.256 e. The van der Waals surface area contributed by atoms with Gasteiger partial charge in [0.1, 0.15) is 0 Å². The average Bonchev–Trinajstić information content (AvgIpc) is 2.86. The number of fused-ring (bicyclic) bond motifs is 4. The van der Waals surface area contributed by atoms with Crippen molar-refractivity contribution in [1.82, 2.24) is 4.98 Å². The second-order valence-corrected chi connectivity index (χ2v) is 11.4. The molecule has 1 heterocycles. The fraction of sp³-hybridized carbons (Fsp3) is 0.303. The van der Waals surface area contributed by atoms with E-state index in [2.05, 4.69) is 93.6 Å². The lowest BCUT2D eigenvalue weighted by atomic mass is 9.80. The molecule has 1 aliphatic rings. The van der Waals surface area contributed by atoms with Gasteiger partial charge in [-0.1, -0.05) is 75.4 Å². The van der Waals surface area contributed by atoms with Crippen LogP contribution in [0.15, 0.2) is 79.0 Å². The van der Waals surface area contributed by atoms with E-state index in [0.29, 0.717) is 12.8 Å². The van der Waals surface area contributed by atoms with E-state index in [0.717, 1.165) is 22.0 Å². The summed E-state index contributed by atoms with van der Waals surface area (Å²) in [5, 5.41) is 7.12. The molecule has 0 atom stereocenters. The van der Waals surface area contributed by atoms with E-state index in [-0.39, 0.29) is 24.2 Å². The van der Waals surface area contributed by atoms with Crippen molar-refractivity contribution in [2.75, 3.05) is 0 Å². The molecular weight excluding hydrogens is 448 g/mol. The Hall–Kier alpha value is -3.33. The van der Waals surface area contributed by atoms with Crippen LogP contribution in [-0.2, 0) is 5.41 Å². The van der Waals surface area contributed by atoms with Crippen molar-refractivity contribution in [3.05, 3.63) is 90.1 Å². The van der Waals surface area contributed by atoms with Crippen LogP contribution in [0.25, 0.3) is 43.6 Å². The first-order chi connectivity index (χ1) is 17.2. The highest BCUT2D eigenvalue weighted by Crippen LogP contribution is 2.44. The van der Waals surface area contributed by atoms with Crippen LogP contribution >= 0.6 is 0 Å². The van der Waals surface area contributed by atoms with Gasteiger partial charge in [0.25, 0.3) is 0 Å².